The van der Waals surface area contributed by atoms with Crippen molar-refractivity contribution < 1.29 is 24.4 Å². The number of hydrogen-bond donors (Lipinski definition) is 4. The first-order chi connectivity index (χ1) is 31.6. The van der Waals surface area contributed by atoms with Crippen molar-refractivity contribution in [2.24, 2.45) is 0 Å². The third-order valence-corrected chi connectivity index (χ3v) is 12.5. The Morgan fingerprint density at radius 3 is 1.52 bits per heavy atom. The molecule has 0 bridgehead atoms. The predicted molar refractivity (Wildman–Crippen MR) is 253 cm³/mol. The standard InChI is InChI=1S/C54H54N6O5/c1-52(2,3)58-44-46(61)47(48(62)53(36-18-10-6-11-19-36,37-20-12-7-13-21-37)38-26-30-42(63-4)31-27-38)65-51(44)60-35-57-45-49(55-34-56-50(45)60)59-54(39-22-14-8-15-23-39,40-24-16-9-17-25-40)41-28-32-43(64-5)33-29-41/h6-35,44,46-48,51,58,61-62H,1-5H3,(H,55,56,59)/t44?,46-,47-,48?,51+/m0/s1. The summed E-state index contributed by atoms with van der Waals surface area (Å²) in [6.45, 7) is 6.12. The number of fused-ring (bicyclic) bond motifs is 1. The lowest BCUT2D eigenvalue weighted by Crippen LogP contribution is -2.56. The largest absolute Gasteiger partial charge is 0.497 e. The van der Waals surface area contributed by atoms with Gasteiger partial charge in [-0.1, -0.05) is 146 Å². The van der Waals surface area contributed by atoms with Gasteiger partial charge in [0.2, 0.25) is 0 Å². The van der Waals surface area contributed by atoms with E-state index < -0.39 is 47.1 Å². The molecule has 6 aromatic carbocycles. The molecule has 8 aromatic rings. The molecule has 1 saturated heterocycles. The first-order valence-electron chi connectivity index (χ1n) is 21.8. The summed E-state index contributed by atoms with van der Waals surface area (Å²) >= 11 is 0. The first-order valence-corrected chi connectivity index (χ1v) is 21.8. The Kier molecular flexibility index (Phi) is 12.0. The molecule has 2 unspecified atom stereocenters. The zero-order valence-corrected chi connectivity index (χ0v) is 37.1. The van der Waals surface area contributed by atoms with Crippen LogP contribution in [0.15, 0.2) is 183 Å². The molecule has 4 N–H and O–H groups in total. The number of rotatable bonds is 14. The summed E-state index contributed by atoms with van der Waals surface area (Å²) in [4.78, 5) is 14.6. The van der Waals surface area contributed by atoms with Crippen LogP contribution in [0, 0.1) is 0 Å². The highest BCUT2D eigenvalue weighted by molar-refractivity contribution is 5.84. The van der Waals surface area contributed by atoms with Gasteiger partial charge < -0.3 is 35.1 Å². The van der Waals surface area contributed by atoms with Gasteiger partial charge >= 0.3 is 0 Å². The Bertz CT molecular complexity index is 2720. The van der Waals surface area contributed by atoms with Gasteiger partial charge in [-0.15, -0.1) is 0 Å². The van der Waals surface area contributed by atoms with E-state index in [1.54, 1.807) is 20.5 Å². The molecule has 2 aromatic heterocycles. The van der Waals surface area contributed by atoms with Crippen molar-refractivity contribution in [3.05, 3.63) is 216 Å². The summed E-state index contributed by atoms with van der Waals surface area (Å²) in [5.41, 5.74) is 3.74. The molecule has 0 amide bonds. The molecule has 1 aliphatic heterocycles. The van der Waals surface area contributed by atoms with Gasteiger partial charge in [0.05, 0.1) is 32.0 Å². The van der Waals surface area contributed by atoms with E-state index >= 15 is 0 Å². The molecule has 11 nitrogen and oxygen atoms in total. The average Bonchev–Trinajstić information content (AvgIpc) is 3.92. The molecule has 0 radical (unpaired) electrons. The number of ether oxygens (including phenoxy) is 3. The van der Waals surface area contributed by atoms with Gasteiger partial charge in [-0.2, -0.15) is 0 Å². The van der Waals surface area contributed by atoms with Crippen LogP contribution in [0.25, 0.3) is 11.2 Å². The number of aliphatic hydroxyl groups excluding tert-OH is 2. The Hall–Kier alpha value is -6.89. The summed E-state index contributed by atoms with van der Waals surface area (Å²) in [5.74, 6) is 1.90. The lowest BCUT2D eigenvalue weighted by Gasteiger charge is -2.43. The highest BCUT2D eigenvalue weighted by atomic mass is 16.5. The fraction of sp³-hybridized carbons (Fsp3) is 0.241. The van der Waals surface area contributed by atoms with Crippen LogP contribution in [0.3, 0.4) is 0 Å². The average molecular weight is 867 g/mol. The number of nitrogens with one attached hydrogen (secondary N) is 2. The summed E-state index contributed by atoms with van der Waals surface area (Å²) in [6, 6.07) is 55.3. The highest BCUT2D eigenvalue weighted by Crippen LogP contribution is 2.48. The van der Waals surface area contributed by atoms with Crippen LogP contribution in [0.2, 0.25) is 0 Å². The van der Waals surface area contributed by atoms with Gasteiger partial charge in [0.15, 0.2) is 23.2 Å². The summed E-state index contributed by atoms with van der Waals surface area (Å²) < 4.78 is 20.1. The minimum Gasteiger partial charge on any atom is -0.497 e. The molecule has 11 heteroatoms. The first kappa shape index (κ1) is 43.4. The molecular weight excluding hydrogens is 813 g/mol. The maximum Gasteiger partial charge on any atom is 0.167 e. The summed E-state index contributed by atoms with van der Waals surface area (Å²) in [5, 5.41) is 33.5. The van der Waals surface area contributed by atoms with Gasteiger partial charge in [-0.3, -0.25) is 4.57 Å². The van der Waals surface area contributed by atoms with Crippen molar-refractivity contribution in [2.75, 3.05) is 19.5 Å². The van der Waals surface area contributed by atoms with Gasteiger partial charge in [-0.25, -0.2) is 15.0 Å². The van der Waals surface area contributed by atoms with E-state index in [9.17, 15) is 10.2 Å². The van der Waals surface area contributed by atoms with Gasteiger partial charge in [-0.05, 0) is 78.4 Å². The van der Waals surface area contributed by atoms with Gasteiger partial charge in [0, 0.05) is 5.54 Å². The van der Waals surface area contributed by atoms with E-state index in [4.69, 9.17) is 29.2 Å². The second-order valence-corrected chi connectivity index (χ2v) is 17.5. The molecule has 330 valence electrons. The number of nitrogens with zero attached hydrogens (tertiary/aromatic N) is 4. The lowest BCUT2D eigenvalue weighted by atomic mass is 9.64. The van der Waals surface area contributed by atoms with E-state index in [0.29, 0.717) is 22.7 Å². The Balaban J connectivity index is 1.18. The van der Waals surface area contributed by atoms with Crippen LogP contribution in [0.4, 0.5) is 5.82 Å². The van der Waals surface area contributed by atoms with Crippen LogP contribution in [-0.2, 0) is 15.7 Å². The number of imidazole rings is 1. The number of hydrogen-bond acceptors (Lipinski definition) is 10. The third-order valence-electron chi connectivity index (χ3n) is 12.5. The SMILES string of the molecule is COc1ccc(C(Nc2ncnc3c2ncn3[C@@H]2O[C@H](C(O)C(c3ccccc3)(c3ccccc3)c3ccc(OC)cc3)[C@@H](O)C2NC(C)(C)C)(c2ccccc2)c2ccccc2)cc1. The molecule has 1 aliphatic rings. The summed E-state index contributed by atoms with van der Waals surface area (Å²) in [7, 11) is 3.29. The van der Waals surface area contributed by atoms with E-state index in [2.05, 4.69) is 47.0 Å². The van der Waals surface area contributed by atoms with E-state index in [0.717, 1.165) is 39.1 Å². The zero-order valence-electron chi connectivity index (χ0n) is 37.1. The van der Waals surface area contributed by atoms with Crippen LogP contribution < -0.4 is 20.1 Å². The highest BCUT2D eigenvalue weighted by Gasteiger charge is 2.56. The fourth-order valence-corrected chi connectivity index (χ4v) is 9.61. The van der Waals surface area contributed by atoms with Gasteiger partial charge in [0.25, 0.3) is 0 Å². The topological polar surface area (TPSA) is 136 Å². The molecule has 0 spiro atoms. The second kappa shape index (κ2) is 17.9. The minimum absolute atomic E-state index is 0.472. The maximum atomic E-state index is 13.3. The van der Waals surface area contributed by atoms with E-state index in [-0.39, 0.29) is 0 Å². The molecule has 5 atom stereocenters. The fourth-order valence-electron chi connectivity index (χ4n) is 9.61. The number of benzene rings is 6. The van der Waals surface area contributed by atoms with Crippen molar-refractivity contribution in [3.63, 3.8) is 0 Å². The lowest BCUT2D eigenvalue weighted by molar-refractivity contribution is -0.0962. The quantitative estimate of drug-likeness (QED) is 0.0787. The Labute approximate surface area is 379 Å². The number of aromatic nitrogens is 4. The molecule has 65 heavy (non-hydrogen) atoms. The molecule has 0 aliphatic carbocycles. The molecule has 3 heterocycles. The van der Waals surface area contributed by atoms with Crippen molar-refractivity contribution >= 4 is 17.0 Å². The molecule has 9 rings (SSSR count). The minimum atomic E-state index is -1.31. The maximum absolute atomic E-state index is 13.3. The normalized spacial score (nSPS) is 18.3. The Morgan fingerprint density at radius 2 is 1.05 bits per heavy atom. The third kappa shape index (κ3) is 7.91. The second-order valence-electron chi connectivity index (χ2n) is 17.5. The number of anilines is 1. The number of aliphatic hydroxyl groups is 2. The van der Waals surface area contributed by atoms with Crippen molar-refractivity contribution in [1.29, 1.82) is 0 Å². The van der Waals surface area contributed by atoms with Crippen LogP contribution in [0.5, 0.6) is 11.5 Å². The Morgan fingerprint density at radius 1 is 0.600 bits per heavy atom. The van der Waals surface area contributed by atoms with Crippen LogP contribution in [-0.4, -0.2) is 73.8 Å². The molecular formula is C54H54N6O5. The van der Waals surface area contributed by atoms with E-state index in [1.807, 2.05) is 159 Å². The zero-order chi connectivity index (χ0) is 45.2. The molecule has 1 fully saturated rings. The van der Waals surface area contributed by atoms with Crippen LogP contribution in [0.1, 0.15) is 60.4 Å². The number of methoxy groups -OCH3 is 2. The summed E-state index contributed by atoms with van der Waals surface area (Å²) in [6.07, 6.45) is -1.30. The van der Waals surface area contributed by atoms with Gasteiger partial charge in [0.1, 0.15) is 41.7 Å². The van der Waals surface area contributed by atoms with Crippen molar-refractivity contribution in [1.82, 2.24) is 24.8 Å². The van der Waals surface area contributed by atoms with Crippen molar-refractivity contribution in [3.8, 4) is 11.5 Å². The molecule has 0 saturated carbocycles. The monoisotopic (exact) mass is 866 g/mol. The van der Waals surface area contributed by atoms with E-state index in [1.165, 1.54) is 6.33 Å². The van der Waals surface area contributed by atoms with Crippen LogP contribution >= 0.6 is 0 Å². The predicted octanol–water partition coefficient (Wildman–Crippen LogP) is 8.66. The van der Waals surface area contributed by atoms with Crippen molar-refractivity contribution in [2.45, 2.75) is 67.8 Å². The smallest absolute Gasteiger partial charge is 0.167 e.